The molecule has 0 radical (unpaired) electrons. The van der Waals surface area contributed by atoms with Gasteiger partial charge in [0.25, 0.3) is 0 Å². The third kappa shape index (κ3) is 7.16. The number of nitrogens with zero attached hydrogens (tertiary/aromatic N) is 4. The van der Waals surface area contributed by atoms with Gasteiger partial charge < -0.3 is 19.9 Å². The van der Waals surface area contributed by atoms with Crippen LogP contribution in [0.2, 0.25) is 0 Å². The van der Waals surface area contributed by atoms with Gasteiger partial charge in [0.2, 0.25) is 5.91 Å². The molecule has 0 saturated carbocycles. The lowest BCUT2D eigenvalue weighted by molar-refractivity contribution is -0.127. The zero-order chi connectivity index (χ0) is 19.1. The van der Waals surface area contributed by atoms with Crippen molar-refractivity contribution in [3.05, 3.63) is 22.4 Å². The maximum absolute atomic E-state index is 12.0. The van der Waals surface area contributed by atoms with E-state index < -0.39 is 0 Å². The highest BCUT2D eigenvalue weighted by molar-refractivity contribution is 14.0. The fourth-order valence-electron chi connectivity index (χ4n) is 3.45. The average molecular weight is 521 g/mol. The van der Waals surface area contributed by atoms with Crippen LogP contribution in [0.5, 0.6) is 0 Å². The van der Waals surface area contributed by atoms with Crippen molar-refractivity contribution in [1.82, 2.24) is 20.0 Å². The van der Waals surface area contributed by atoms with Crippen molar-refractivity contribution in [2.45, 2.75) is 13.0 Å². The van der Waals surface area contributed by atoms with Gasteiger partial charge >= 0.3 is 0 Å². The molecule has 2 saturated heterocycles. The van der Waals surface area contributed by atoms with E-state index in [1.807, 2.05) is 0 Å². The van der Waals surface area contributed by atoms with Gasteiger partial charge in [-0.15, -0.1) is 35.3 Å². The van der Waals surface area contributed by atoms with Crippen LogP contribution < -0.4 is 5.32 Å². The Hall–Kier alpha value is -0.910. The molecule has 1 aromatic heterocycles. The number of nitrogens with one attached hydrogen (secondary N) is 1. The Balaban J connectivity index is 0.00000280. The third-order valence-corrected chi connectivity index (χ3v) is 5.95. The second-order valence-electron chi connectivity index (χ2n) is 7.37. The van der Waals surface area contributed by atoms with Crippen molar-refractivity contribution in [1.29, 1.82) is 0 Å². The van der Waals surface area contributed by atoms with Crippen LogP contribution in [-0.4, -0.2) is 93.1 Å². The second kappa shape index (κ2) is 11.9. The van der Waals surface area contributed by atoms with E-state index in [4.69, 9.17) is 4.74 Å². The summed E-state index contributed by atoms with van der Waals surface area (Å²) in [6.07, 6.45) is 1.17. The van der Waals surface area contributed by atoms with Gasteiger partial charge in [0.15, 0.2) is 5.96 Å². The molecule has 0 aromatic carbocycles. The van der Waals surface area contributed by atoms with Crippen molar-refractivity contribution < 1.29 is 9.53 Å². The molecule has 28 heavy (non-hydrogen) atoms. The first-order valence-corrected chi connectivity index (χ1v) is 10.6. The minimum absolute atomic E-state index is 0. The van der Waals surface area contributed by atoms with Gasteiger partial charge in [-0.3, -0.25) is 9.69 Å². The molecule has 1 atom stereocenters. The number of carbonyl (C=O) groups is 1. The molecule has 158 valence electrons. The number of hydrogen-bond donors (Lipinski definition) is 1. The largest absolute Gasteiger partial charge is 0.379 e. The molecular weight excluding hydrogens is 489 g/mol. The first-order chi connectivity index (χ1) is 13.1. The van der Waals surface area contributed by atoms with Gasteiger partial charge in [0.1, 0.15) is 6.54 Å². The molecular formula is C19H32IN5O2S. The van der Waals surface area contributed by atoms with Crippen molar-refractivity contribution in [2.75, 3.05) is 66.6 Å². The van der Waals surface area contributed by atoms with Crippen molar-refractivity contribution in [3.8, 4) is 0 Å². The number of morpholine rings is 1. The van der Waals surface area contributed by atoms with Gasteiger partial charge in [-0.2, -0.15) is 0 Å². The van der Waals surface area contributed by atoms with Crippen LogP contribution in [-0.2, 0) is 16.1 Å². The van der Waals surface area contributed by atoms with Crippen molar-refractivity contribution in [2.24, 2.45) is 10.9 Å². The highest BCUT2D eigenvalue weighted by atomic mass is 127. The lowest BCUT2D eigenvalue weighted by Gasteiger charge is -2.29. The van der Waals surface area contributed by atoms with Crippen molar-refractivity contribution in [3.63, 3.8) is 0 Å². The average Bonchev–Trinajstić information content (AvgIpc) is 3.34. The molecule has 3 rings (SSSR count). The molecule has 0 aliphatic carbocycles. The standard InChI is InChI=1S/C19H31N5O2S.HI/c1-22(2)18(25)13-21-19(20-12-17-4-3-11-27-17)24-6-5-16(15-24)14-23-7-9-26-10-8-23;/h3-4,11,16H,5-10,12-15H2,1-2H3,(H,20,21);1H. The predicted molar refractivity (Wildman–Crippen MR) is 125 cm³/mol. The van der Waals surface area contributed by atoms with Gasteiger partial charge in [-0.05, 0) is 23.8 Å². The minimum Gasteiger partial charge on any atom is -0.379 e. The van der Waals surface area contributed by atoms with E-state index in [9.17, 15) is 4.79 Å². The zero-order valence-electron chi connectivity index (χ0n) is 16.8. The number of thiophene rings is 1. The first kappa shape index (κ1) is 23.4. The van der Waals surface area contributed by atoms with E-state index >= 15 is 0 Å². The van der Waals surface area contributed by atoms with E-state index in [2.05, 4.69) is 37.6 Å². The molecule has 9 heteroatoms. The summed E-state index contributed by atoms with van der Waals surface area (Å²) in [6.45, 7) is 7.79. The number of halogens is 1. The second-order valence-corrected chi connectivity index (χ2v) is 8.41. The number of aliphatic imine (C=N–C) groups is 1. The molecule has 2 aliphatic rings. The molecule has 1 unspecified atom stereocenters. The third-order valence-electron chi connectivity index (χ3n) is 5.07. The number of carbonyl (C=O) groups excluding carboxylic acids is 1. The van der Waals surface area contributed by atoms with E-state index in [0.717, 1.165) is 58.4 Å². The summed E-state index contributed by atoms with van der Waals surface area (Å²) in [4.78, 5) is 24.3. The molecule has 1 N–H and O–H groups in total. The lowest BCUT2D eigenvalue weighted by Crippen LogP contribution is -2.42. The fourth-order valence-corrected chi connectivity index (χ4v) is 4.10. The Morgan fingerprint density at radius 2 is 2.14 bits per heavy atom. The molecule has 7 nitrogen and oxygen atoms in total. The Labute approximate surface area is 189 Å². The monoisotopic (exact) mass is 521 g/mol. The number of amides is 1. The lowest BCUT2D eigenvalue weighted by atomic mass is 10.1. The van der Waals surface area contributed by atoms with Crippen LogP contribution in [0.4, 0.5) is 0 Å². The highest BCUT2D eigenvalue weighted by Crippen LogP contribution is 2.18. The topological polar surface area (TPSA) is 60.4 Å². The maximum atomic E-state index is 12.0. The molecule has 3 heterocycles. The number of rotatable bonds is 6. The highest BCUT2D eigenvalue weighted by Gasteiger charge is 2.27. The van der Waals surface area contributed by atoms with Crippen LogP contribution in [0.3, 0.4) is 0 Å². The van der Waals surface area contributed by atoms with Gasteiger partial charge in [0.05, 0.1) is 19.8 Å². The molecule has 2 aliphatic heterocycles. The normalized spacial score (nSPS) is 20.7. The Morgan fingerprint density at radius 1 is 1.36 bits per heavy atom. The zero-order valence-corrected chi connectivity index (χ0v) is 19.9. The Morgan fingerprint density at radius 3 is 2.82 bits per heavy atom. The fraction of sp³-hybridized carbons (Fsp3) is 0.684. The summed E-state index contributed by atoms with van der Waals surface area (Å²) in [5.41, 5.74) is 0. The molecule has 2 fully saturated rings. The van der Waals surface area contributed by atoms with Crippen molar-refractivity contribution >= 4 is 47.2 Å². The SMILES string of the molecule is CN(C)C(=O)CN=C(NCc1cccs1)N1CCC(CN2CCOCC2)C1.I. The molecule has 0 bridgehead atoms. The summed E-state index contributed by atoms with van der Waals surface area (Å²) < 4.78 is 5.45. The van der Waals surface area contributed by atoms with E-state index in [-0.39, 0.29) is 36.4 Å². The van der Waals surface area contributed by atoms with Crippen LogP contribution >= 0.6 is 35.3 Å². The summed E-state index contributed by atoms with van der Waals surface area (Å²) in [7, 11) is 3.54. The Bertz CT molecular complexity index is 620. The summed E-state index contributed by atoms with van der Waals surface area (Å²) >= 11 is 1.73. The summed E-state index contributed by atoms with van der Waals surface area (Å²) in [5.74, 6) is 1.51. The summed E-state index contributed by atoms with van der Waals surface area (Å²) in [6, 6.07) is 4.17. The quantitative estimate of drug-likeness (QED) is 0.350. The van der Waals surface area contributed by atoms with Crippen LogP contribution in [0.25, 0.3) is 0 Å². The summed E-state index contributed by atoms with van der Waals surface area (Å²) in [5, 5.41) is 5.55. The number of guanidine groups is 1. The smallest absolute Gasteiger partial charge is 0.243 e. The molecule has 0 spiro atoms. The van der Waals surface area contributed by atoms with Crippen LogP contribution in [0.1, 0.15) is 11.3 Å². The maximum Gasteiger partial charge on any atom is 0.243 e. The molecule has 1 aromatic rings. The number of ether oxygens (including phenoxy) is 1. The van der Waals surface area contributed by atoms with Gasteiger partial charge in [0, 0.05) is 51.7 Å². The predicted octanol–water partition coefficient (Wildman–Crippen LogP) is 1.55. The van der Waals surface area contributed by atoms with E-state index in [0.29, 0.717) is 5.92 Å². The van der Waals surface area contributed by atoms with Gasteiger partial charge in [-0.1, -0.05) is 6.07 Å². The van der Waals surface area contributed by atoms with E-state index in [1.165, 1.54) is 11.3 Å². The van der Waals surface area contributed by atoms with Crippen LogP contribution in [0.15, 0.2) is 22.5 Å². The number of likely N-dealkylation sites (N-methyl/N-ethyl adjacent to an activating group) is 1. The molecule has 1 amide bonds. The minimum atomic E-state index is 0. The van der Waals surface area contributed by atoms with E-state index in [1.54, 1.807) is 30.3 Å². The van der Waals surface area contributed by atoms with Gasteiger partial charge in [-0.25, -0.2) is 4.99 Å². The number of hydrogen-bond acceptors (Lipinski definition) is 5. The van der Waals surface area contributed by atoms with Crippen LogP contribution in [0, 0.1) is 5.92 Å². The first-order valence-electron chi connectivity index (χ1n) is 9.67. The number of likely N-dealkylation sites (tertiary alicyclic amines) is 1. The Kier molecular flexibility index (Phi) is 9.96.